The van der Waals surface area contributed by atoms with Gasteiger partial charge in [-0.25, -0.2) is 4.98 Å². The number of benzene rings is 1. The van der Waals surface area contributed by atoms with Gasteiger partial charge in [-0.05, 0) is 39.7 Å². The number of hydrogen-bond acceptors (Lipinski definition) is 6. The van der Waals surface area contributed by atoms with Crippen LogP contribution in [0, 0.1) is 0 Å². The Bertz CT molecular complexity index is 763. The normalized spacial score (nSPS) is 10.9. The Morgan fingerprint density at radius 1 is 1.21 bits per heavy atom. The molecule has 0 fully saturated rings. The molecule has 5 nitrogen and oxygen atoms in total. The predicted octanol–water partition coefficient (Wildman–Crippen LogP) is 4.29. The highest BCUT2D eigenvalue weighted by Crippen LogP contribution is 2.34. The molecular formula is C10H4BrCl2N5S. The summed E-state index contributed by atoms with van der Waals surface area (Å²) >= 11 is 16.4. The summed E-state index contributed by atoms with van der Waals surface area (Å²) < 4.78 is 9.06. The minimum Gasteiger partial charge on any atom is -0.336 e. The van der Waals surface area contributed by atoms with E-state index in [9.17, 15) is 0 Å². The van der Waals surface area contributed by atoms with Crippen molar-refractivity contribution in [3.05, 3.63) is 33.1 Å². The van der Waals surface area contributed by atoms with Gasteiger partial charge in [0.2, 0.25) is 5.28 Å². The molecule has 0 radical (unpaired) electrons. The average molecular weight is 377 g/mol. The highest BCUT2D eigenvalue weighted by molar-refractivity contribution is 9.10. The highest BCUT2D eigenvalue weighted by atomic mass is 79.9. The van der Waals surface area contributed by atoms with E-state index in [1.54, 1.807) is 12.3 Å². The smallest absolute Gasteiger partial charge is 0.224 e. The van der Waals surface area contributed by atoms with Gasteiger partial charge < -0.3 is 5.32 Å². The molecule has 96 valence electrons. The molecule has 2 heterocycles. The molecule has 0 spiro atoms. The summed E-state index contributed by atoms with van der Waals surface area (Å²) in [5.74, 6) is 0.516. The molecule has 0 unspecified atom stereocenters. The Morgan fingerprint density at radius 2 is 2.05 bits per heavy atom. The van der Waals surface area contributed by atoms with E-state index in [2.05, 4.69) is 40.0 Å². The third kappa shape index (κ3) is 2.51. The number of nitrogens with zero attached hydrogens (tertiary/aromatic N) is 4. The third-order valence-electron chi connectivity index (χ3n) is 2.34. The van der Waals surface area contributed by atoms with E-state index in [0.29, 0.717) is 26.5 Å². The topological polar surface area (TPSA) is 63.6 Å². The van der Waals surface area contributed by atoms with Crippen molar-refractivity contribution in [3.8, 4) is 0 Å². The number of halogens is 3. The molecule has 3 aromatic rings. The molecule has 1 aromatic carbocycles. The van der Waals surface area contributed by atoms with Crippen molar-refractivity contribution in [1.29, 1.82) is 0 Å². The quantitative estimate of drug-likeness (QED) is 0.675. The Labute approximate surface area is 130 Å². The first-order valence-corrected chi connectivity index (χ1v) is 7.29. The molecule has 0 bridgehead atoms. The molecule has 0 saturated carbocycles. The Hall–Kier alpha value is -1.02. The van der Waals surface area contributed by atoms with E-state index < -0.39 is 0 Å². The fourth-order valence-corrected chi connectivity index (χ4v) is 2.66. The Kier molecular flexibility index (Phi) is 3.53. The van der Waals surface area contributed by atoms with E-state index in [1.165, 1.54) is 0 Å². The van der Waals surface area contributed by atoms with Crippen molar-refractivity contribution in [2.75, 3.05) is 5.32 Å². The van der Waals surface area contributed by atoms with Crippen LogP contribution in [0.1, 0.15) is 0 Å². The van der Waals surface area contributed by atoms with Crippen LogP contribution in [-0.4, -0.2) is 18.7 Å². The second-order valence-corrected chi connectivity index (χ2v) is 5.64. The van der Waals surface area contributed by atoms with Crippen LogP contribution in [0.2, 0.25) is 10.3 Å². The SMILES string of the molecule is Clc1ncc(Br)c(Nc2c(Cl)ccc3nsnc23)n1. The lowest BCUT2D eigenvalue weighted by molar-refractivity contribution is 1.15. The standard InChI is InChI=1S/C10H4BrCl2N5S/c11-4-3-14-10(13)16-9(4)15-7-5(12)1-2-6-8(7)18-19-17-6/h1-3H,(H,14,15,16). The molecule has 0 atom stereocenters. The van der Waals surface area contributed by atoms with Gasteiger partial charge in [0.15, 0.2) is 0 Å². The van der Waals surface area contributed by atoms with Crippen molar-refractivity contribution in [2.24, 2.45) is 0 Å². The molecule has 0 saturated heterocycles. The molecule has 0 aliphatic heterocycles. The van der Waals surface area contributed by atoms with E-state index in [4.69, 9.17) is 23.2 Å². The predicted molar refractivity (Wildman–Crippen MR) is 80.4 cm³/mol. The van der Waals surface area contributed by atoms with Gasteiger partial charge in [0.1, 0.15) is 16.9 Å². The van der Waals surface area contributed by atoms with Gasteiger partial charge in [0.25, 0.3) is 0 Å². The van der Waals surface area contributed by atoms with Gasteiger partial charge in [-0.2, -0.15) is 13.7 Å². The fraction of sp³-hybridized carbons (Fsp3) is 0. The fourth-order valence-electron chi connectivity index (χ4n) is 1.50. The molecular weight excluding hydrogens is 373 g/mol. The van der Waals surface area contributed by atoms with Gasteiger partial charge in [-0.3, -0.25) is 0 Å². The Balaban J connectivity index is 2.12. The third-order valence-corrected chi connectivity index (χ3v) is 3.96. The number of anilines is 2. The van der Waals surface area contributed by atoms with Crippen molar-refractivity contribution >= 4 is 73.4 Å². The zero-order chi connectivity index (χ0) is 13.4. The molecule has 3 rings (SSSR count). The van der Waals surface area contributed by atoms with Crippen molar-refractivity contribution in [2.45, 2.75) is 0 Å². The van der Waals surface area contributed by atoms with Crippen LogP contribution >= 0.6 is 50.9 Å². The van der Waals surface area contributed by atoms with Crippen molar-refractivity contribution in [3.63, 3.8) is 0 Å². The zero-order valence-corrected chi connectivity index (χ0v) is 13.0. The van der Waals surface area contributed by atoms with E-state index in [1.807, 2.05) is 6.07 Å². The van der Waals surface area contributed by atoms with Gasteiger partial charge in [0.05, 0.1) is 26.9 Å². The lowest BCUT2D eigenvalue weighted by Gasteiger charge is -2.09. The minimum atomic E-state index is 0.144. The van der Waals surface area contributed by atoms with Gasteiger partial charge in [-0.1, -0.05) is 11.6 Å². The maximum atomic E-state index is 6.18. The van der Waals surface area contributed by atoms with E-state index in [0.717, 1.165) is 17.2 Å². The van der Waals surface area contributed by atoms with Crippen LogP contribution in [-0.2, 0) is 0 Å². The van der Waals surface area contributed by atoms with Crippen LogP contribution < -0.4 is 5.32 Å². The summed E-state index contributed by atoms with van der Waals surface area (Å²) in [5.41, 5.74) is 2.11. The zero-order valence-electron chi connectivity index (χ0n) is 9.06. The Morgan fingerprint density at radius 3 is 2.89 bits per heavy atom. The van der Waals surface area contributed by atoms with Gasteiger partial charge >= 0.3 is 0 Å². The first-order valence-electron chi connectivity index (χ1n) is 5.01. The van der Waals surface area contributed by atoms with Crippen molar-refractivity contribution < 1.29 is 0 Å². The maximum absolute atomic E-state index is 6.18. The van der Waals surface area contributed by atoms with Gasteiger partial charge in [0, 0.05) is 6.20 Å². The number of rotatable bonds is 2. The second-order valence-electron chi connectivity index (χ2n) is 3.51. The number of hydrogen-bond donors (Lipinski definition) is 1. The summed E-state index contributed by atoms with van der Waals surface area (Å²) in [6.07, 6.45) is 1.56. The largest absolute Gasteiger partial charge is 0.336 e. The van der Waals surface area contributed by atoms with Crippen molar-refractivity contribution in [1.82, 2.24) is 18.7 Å². The number of aromatic nitrogens is 4. The van der Waals surface area contributed by atoms with Crippen LogP contribution in [0.4, 0.5) is 11.5 Å². The molecule has 2 aromatic heterocycles. The summed E-state index contributed by atoms with van der Waals surface area (Å²) in [6, 6.07) is 3.57. The second kappa shape index (κ2) is 5.16. The maximum Gasteiger partial charge on any atom is 0.224 e. The lowest BCUT2D eigenvalue weighted by Crippen LogP contribution is -1.98. The highest BCUT2D eigenvalue weighted by Gasteiger charge is 2.12. The molecule has 9 heteroatoms. The summed E-state index contributed by atoms with van der Waals surface area (Å²) in [6.45, 7) is 0. The van der Waals surface area contributed by atoms with E-state index in [-0.39, 0.29) is 5.28 Å². The first kappa shape index (κ1) is 13.0. The lowest BCUT2D eigenvalue weighted by atomic mass is 10.2. The molecule has 19 heavy (non-hydrogen) atoms. The summed E-state index contributed by atoms with van der Waals surface area (Å²) in [4.78, 5) is 7.96. The number of nitrogens with one attached hydrogen (secondary N) is 1. The molecule has 0 aliphatic rings. The minimum absolute atomic E-state index is 0.144. The molecule has 0 amide bonds. The van der Waals surface area contributed by atoms with Crippen LogP contribution in [0.25, 0.3) is 11.0 Å². The molecule has 1 N–H and O–H groups in total. The van der Waals surface area contributed by atoms with Gasteiger partial charge in [-0.15, -0.1) is 0 Å². The van der Waals surface area contributed by atoms with E-state index >= 15 is 0 Å². The monoisotopic (exact) mass is 375 g/mol. The van der Waals surface area contributed by atoms with Crippen LogP contribution in [0.15, 0.2) is 22.8 Å². The summed E-state index contributed by atoms with van der Waals surface area (Å²) in [7, 11) is 0. The summed E-state index contributed by atoms with van der Waals surface area (Å²) in [5, 5.41) is 3.77. The number of fused-ring (bicyclic) bond motifs is 1. The average Bonchev–Trinajstić information content (AvgIpc) is 2.85. The van der Waals surface area contributed by atoms with Crippen LogP contribution in [0.3, 0.4) is 0 Å². The van der Waals surface area contributed by atoms with Crippen LogP contribution in [0.5, 0.6) is 0 Å². The molecule has 0 aliphatic carbocycles. The first-order chi connectivity index (χ1) is 9.15.